The fraction of sp³-hybridized carbons (Fsp3) is 0.400. The molecule has 1 aliphatic carbocycles. The first-order valence-corrected chi connectivity index (χ1v) is 7.29. The van der Waals surface area contributed by atoms with Gasteiger partial charge in [0.2, 0.25) is 5.91 Å². The van der Waals surface area contributed by atoms with Crippen LogP contribution in [0.4, 0.5) is 0 Å². The summed E-state index contributed by atoms with van der Waals surface area (Å²) < 4.78 is 0. The first kappa shape index (κ1) is 14.4. The fourth-order valence-corrected chi connectivity index (χ4v) is 2.72. The molecule has 0 aliphatic heterocycles. The van der Waals surface area contributed by atoms with E-state index < -0.39 is 0 Å². The van der Waals surface area contributed by atoms with E-state index in [-0.39, 0.29) is 11.8 Å². The Morgan fingerprint density at radius 2 is 2.16 bits per heavy atom. The lowest BCUT2D eigenvalue weighted by Crippen LogP contribution is -2.32. The van der Waals surface area contributed by atoms with Gasteiger partial charge in [0.1, 0.15) is 0 Å². The molecule has 0 bridgehead atoms. The SMILES string of the molecule is O=C(NCCc1ccc(Cl)cc1Cl)C1CC=CCC1. The minimum Gasteiger partial charge on any atom is -0.356 e. The first-order valence-electron chi connectivity index (χ1n) is 6.53. The average Bonchev–Trinajstić information content (AvgIpc) is 2.42. The Morgan fingerprint density at radius 1 is 1.32 bits per heavy atom. The van der Waals surface area contributed by atoms with Crippen molar-refractivity contribution in [1.82, 2.24) is 5.32 Å². The molecular formula is C15H17Cl2NO. The summed E-state index contributed by atoms with van der Waals surface area (Å²) in [4.78, 5) is 11.9. The third kappa shape index (κ3) is 4.26. The van der Waals surface area contributed by atoms with Crippen LogP contribution in [0.3, 0.4) is 0 Å². The molecule has 0 saturated heterocycles. The van der Waals surface area contributed by atoms with E-state index >= 15 is 0 Å². The van der Waals surface area contributed by atoms with Gasteiger partial charge in [0.25, 0.3) is 0 Å². The fourth-order valence-electron chi connectivity index (χ4n) is 2.22. The Bertz CT molecular complexity index is 485. The summed E-state index contributed by atoms with van der Waals surface area (Å²) in [5.74, 6) is 0.278. The highest BCUT2D eigenvalue weighted by molar-refractivity contribution is 6.35. The van der Waals surface area contributed by atoms with Crippen molar-refractivity contribution in [3.05, 3.63) is 46.0 Å². The number of carbonyl (C=O) groups is 1. The molecule has 1 aromatic rings. The maximum atomic E-state index is 11.9. The molecule has 1 aliphatic rings. The highest BCUT2D eigenvalue weighted by Crippen LogP contribution is 2.21. The van der Waals surface area contributed by atoms with Gasteiger partial charge in [-0.3, -0.25) is 4.79 Å². The molecule has 2 rings (SSSR count). The molecule has 1 atom stereocenters. The maximum absolute atomic E-state index is 11.9. The van der Waals surface area contributed by atoms with E-state index in [9.17, 15) is 4.79 Å². The predicted molar refractivity (Wildman–Crippen MR) is 79.7 cm³/mol. The molecule has 4 heteroatoms. The van der Waals surface area contributed by atoms with Crippen LogP contribution in [0.5, 0.6) is 0 Å². The van der Waals surface area contributed by atoms with E-state index in [4.69, 9.17) is 23.2 Å². The van der Waals surface area contributed by atoms with Gasteiger partial charge in [0.05, 0.1) is 0 Å². The Balaban J connectivity index is 1.79. The summed E-state index contributed by atoms with van der Waals surface area (Å²) in [6.45, 7) is 0.612. The van der Waals surface area contributed by atoms with Crippen molar-refractivity contribution >= 4 is 29.1 Å². The molecule has 0 aromatic heterocycles. The van der Waals surface area contributed by atoms with Crippen molar-refractivity contribution in [2.24, 2.45) is 5.92 Å². The molecule has 1 N–H and O–H groups in total. The summed E-state index contributed by atoms with van der Waals surface area (Å²) in [5.41, 5.74) is 1.01. The van der Waals surface area contributed by atoms with Crippen LogP contribution >= 0.6 is 23.2 Å². The summed E-state index contributed by atoms with van der Waals surface area (Å²) >= 11 is 11.9. The van der Waals surface area contributed by atoms with E-state index in [0.29, 0.717) is 16.6 Å². The number of benzene rings is 1. The number of carbonyl (C=O) groups excluding carboxylic acids is 1. The average molecular weight is 298 g/mol. The quantitative estimate of drug-likeness (QED) is 0.836. The minimum absolute atomic E-state index is 0.130. The summed E-state index contributed by atoms with van der Waals surface area (Å²) in [7, 11) is 0. The molecule has 0 radical (unpaired) electrons. The molecule has 0 heterocycles. The molecule has 0 fully saturated rings. The van der Waals surface area contributed by atoms with Gasteiger partial charge < -0.3 is 5.32 Å². The number of hydrogen-bond acceptors (Lipinski definition) is 1. The second-order valence-corrected chi connectivity index (χ2v) is 5.60. The zero-order valence-corrected chi connectivity index (χ0v) is 12.2. The summed E-state index contributed by atoms with van der Waals surface area (Å²) in [5, 5.41) is 4.26. The molecule has 19 heavy (non-hydrogen) atoms. The zero-order chi connectivity index (χ0) is 13.7. The van der Waals surface area contributed by atoms with Gasteiger partial charge in [0, 0.05) is 22.5 Å². The molecule has 0 spiro atoms. The third-order valence-electron chi connectivity index (χ3n) is 3.35. The second-order valence-electron chi connectivity index (χ2n) is 4.76. The van der Waals surface area contributed by atoms with E-state index in [1.54, 1.807) is 6.07 Å². The van der Waals surface area contributed by atoms with Crippen molar-refractivity contribution in [3.8, 4) is 0 Å². The monoisotopic (exact) mass is 297 g/mol. The van der Waals surface area contributed by atoms with Gasteiger partial charge >= 0.3 is 0 Å². The van der Waals surface area contributed by atoms with E-state index in [2.05, 4.69) is 17.5 Å². The predicted octanol–water partition coefficient (Wildman–Crippen LogP) is 4.01. The lowest BCUT2D eigenvalue weighted by molar-refractivity contribution is -0.125. The lowest BCUT2D eigenvalue weighted by Gasteiger charge is -2.17. The second kappa shape index (κ2) is 6.97. The van der Waals surface area contributed by atoms with Crippen LogP contribution in [-0.4, -0.2) is 12.5 Å². The van der Waals surface area contributed by atoms with Crippen LogP contribution in [0.2, 0.25) is 10.0 Å². The standard InChI is InChI=1S/C15H17Cl2NO/c16-13-7-6-11(14(17)10-13)8-9-18-15(19)12-4-2-1-3-5-12/h1-2,6-7,10,12H,3-5,8-9H2,(H,18,19). The van der Waals surface area contributed by atoms with E-state index in [1.807, 2.05) is 12.1 Å². The molecule has 102 valence electrons. The van der Waals surface area contributed by atoms with Crippen molar-refractivity contribution in [1.29, 1.82) is 0 Å². The number of hydrogen-bond donors (Lipinski definition) is 1. The third-order valence-corrected chi connectivity index (χ3v) is 3.94. The van der Waals surface area contributed by atoms with Gasteiger partial charge in [-0.05, 0) is 43.4 Å². The number of allylic oxidation sites excluding steroid dienone is 2. The summed E-state index contributed by atoms with van der Waals surface area (Å²) in [6.07, 6.45) is 7.75. The Labute approximate surface area is 123 Å². The number of nitrogens with one attached hydrogen (secondary N) is 1. The smallest absolute Gasteiger partial charge is 0.223 e. The highest BCUT2D eigenvalue weighted by atomic mass is 35.5. The molecule has 1 aromatic carbocycles. The normalized spacial score (nSPS) is 18.3. The van der Waals surface area contributed by atoms with Crippen LogP contribution in [0.25, 0.3) is 0 Å². The Morgan fingerprint density at radius 3 is 2.84 bits per heavy atom. The van der Waals surface area contributed by atoms with Crippen LogP contribution in [0.15, 0.2) is 30.4 Å². The summed E-state index contributed by atoms with van der Waals surface area (Å²) in [6, 6.07) is 5.45. The largest absolute Gasteiger partial charge is 0.356 e. The Hall–Kier alpha value is -0.990. The number of amides is 1. The van der Waals surface area contributed by atoms with Crippen molar-refractivity contribution < 1.29 is 4.79 Å². The molecule has 0 saturated carbocycles. The topological polar surface area (TPSA) is 29.1 Å². The van der Waals surface area contributed by atoms with Gasteiger partial charge in [-0.1, -0.05) is 41.4 Å². The van der Waals surface area contributed by atoms with Gasteiger partial charge in [0.15, 0.2) is 0 Å². The van der Waals surface area contributed by atoms with Crippen molar-refractivity contribution in [2.45, 2.75) is 25.7 Å². The van der Waals surface area contributed by atoms with E-state index in [1.165, 1.54) is 0 Å². The molecule has 2 nitrogen and oxygen atoms in total. The van der Waals surface area contributed by atoms with Crippen LogP contribution in [-0.2, 0) is 11.2 Å². The highest BCUT2D eigenvalue weighted by Gasteiger charge is 2.17. The number of rotatable bonds is 4. The maximum Gasteiger partial charge on any atom is 0.223 e. The Kier molecular flexibility index (Phi) is 5.29. The lowest BCUT2D eigenvalue weighted by atomic mass is 9.93. The molecular weight excluding hydrogens is 281 g/mol. The van der Waals surface area contributed by atoms with Crippen LogP contribution in [0, 0.1) is 5.92 Å². The van der Waals surface area contributed by atoms with Gasteiger partial charge in [-0.2, -0.15) is 0 Å². The molecule has 1 amide bonds. The zero-order valence-electron chi connectivity index (χ0n) is 10.7. The number of halogens is 2. The molecule has 1 unspecified atom stereocenters. The van der Waals surface area contributed by atoms with Gasteiger partial charge in [-0.15, -0.1) is 0 Å². The van der Waals surface area contributed by atoms with E-state index in [0.717, 1.165) is 31.2 Å². The van der Waals surface area contributed by atoms with Crippen LogP contribution < -0.4 is 5.32 Å². The van der Waals surface area contributed by atoms with Crippen molar-refractivity contribution in [3.63, 3.8) is 0 Å². The van der Waals surface area contributed by atoms with Crippen molar-refractivity contribution in [2.75, 3.05) is 6.54 Å². The first-order chi connectivity index (χ1) is 9.16. The van der Waals surface area contributed by atoms with Gasteiger partial charge in [-0.25, -0.2) is 0 Å². The van der Waals surface area contributed by atoms with Crippen LogP contribution in [0.1, 0.15) is 24.8 Å². The minimum atomic E-state index is 0.130.